The molecule has 1 amide bonds. The molecular weight excluding hydrogens is 402 g/mol. The number of rotatable bonds is 6. The Labute approximate surface area is 189 Å². The lowest BCUT2D eigenvalue weighted by atomic mass is 9.79. The maximum atomic E-state index is 13.4. The molecule has 0 aliphatic heterocycles. The van der Waals surface area contributed by atoms with Crippen molar-refractivity contribution in [1.82, 2.24) is 0 Å². The Morgan fingerprint density at radius 1 is 0.938 bits per heavy atom. The third-order valence-electron chi connectivity index (χ3n) is 6.27. The van der Waals surface area contributed by atoms with E-state index in [1.54, 1.807) is 31.3 Å². The Morgan fingerprint density at radius 2 is 1.62 bits per heavy atom. The van der Waals surface area contributed by atoms with Crippen LogP contribution >= 0.6 is 0 Å². The average Bonchev–Trinajstić information content (AvgIpc) is 2.84. The maximum Gasteiger partial charge on any atom is 0.258 e. The Morgan fingerprint density at radius 3 is 2.31 bits per heavy atom. The fourth-order valence-corrected chi connectivity index (χ4v) is 4.53. The normalized spacial score (nSPS) is 15.0. The van der Waals surface area contributed by atoms with Crippen molar-refractivity contribution in [2.24, 2.45) is 0 Å². The first kappa shape index (κ1) is 21.8. The highest BCUT2D eigenvalue weighted by Crippen LogP contribution is 2.40. The van der Waals surface area contributed by atoms with Crippen LogP contribution in [0.5, 0.6) is 17.2 Å². The summed E-state index contributed by atoms with van der Waals surface area (Å²) in [5.74, 6) is 1.67. The Bertz CT molecular complexity index is 1110. The van der Waals surface area contributed by atoms with Gasteiger partial charge in [-0.2, -0.15) is 0 Å². The molecule has 1 radical (unpaired) electrons. The minimum absolute atomic E-state index is 0.107. The van der Waals surface area contributed by atoms with Crippen LogP contribution in [0.15, 0.2) is 60.7 Å². The lowest BCUT2D eigenvalue weighted by Gasteiger charge is -2.31. The molecule has 1 unspecified atom stereocenters. The highest BCUT2D eigenvalue weighted by atomic mass is 16.5. The van der Waals surface area contributed by atoms with Crippen molar-refractivity contribution in [2.75, 3.05) is 25.7 Å². The van der Waals surface area contributed by atoms with Crippen LogP contribution in [-0.2, 0) is 17.9 Å². The highest BCUT2D eigenvalue weighted by Gasteiger charge is 2.27. The lowest BCUT2D eigenvalue weighted by molar-refractivity contribution is 0.0988. The van der Waals surface area contributed by atoms with E-state index < -0.39 is 0 Å². The van der Waals surface area contributed by atoms with E-state index in [0.29, 0.717) is 23.8 Å². The van der Waals surface area contributed by atoms with Crippen molar-refractivity contribution in [3.05, 3.63) is 82.9 Å². The van der Waals surface area contributed by atoms with E-state index in [2.05, 4.69) is 18.2 Å². The SMILES string of the molecule is CCN(C(=O)c1ccc([O])cc1)c1cc(OC)ccc1C1CCc2cc(OC)ccc2C1. The number of hydrogen-bond donors (Lipinski definition) is 0. The number of ether oxygens (including phenoxy) is 2. The van der Waals surface area contributed by atoms with Crippen molar-refractivity contribution in [1.29, 1.82) is 0 Å². The van der Waals surface area contributed by atoms with Gasteiger partial charge in [0.05, 0.1) is 19.9 Å². The van der Waals surface area contributed by atoms with Crippen molar-refractivity contribution in [2.45, 2.75) is 32.1 Å². The summed E-state index contributed by atoms with van der Waals surface area (Å²) in [6, 6.07) is 18.3. The smallest absolute Gasteiger partial charge is 0.258 e. The molecule has 0 saturated heterocycles. The molecule has 0 saturated carbocycles. The Kier molecular flexibility index (Phi) is 6.35. The summed E-state index contributed by atoms with van der Waals surface area (Å²) in [6.45, 7) is 2.48. The van der Waals surface area contributed by atoms with E-state index >= 15 is 0 Å². The molecule has 32 heavy (non-hydrogen) atoms. The number of carbonyl (C=O) groups is 1. The number of fused-ring (bicyclic) bond motifs is 1. The van der Waals surface area contributed by atoms with Crippen LogP contribution in [-0.4, -0.2) is 26.7 Å². The first-order valence-electron chi connectivity index (χ1n) is 11.0. The van der Waals surface area contributed by atoms with Crippen molar-refractivity contribution in [3.8, 4) is 17.2 Å². The lowest BCUT2D eigenvalue weighted by Crippen LogP contribution is -2.32. The molecule has 5 nitrogen and oxygen atoms in total. The largest absolute Gasteiger partial charge is 0.497 e. The quantitative estimate of drug-likeness (QED) is 0.498. The molecule has 1 atom stereocenters. The molecule has 0 heterocycles. The molecular formula is C27H28NO4. The van der Waals surface area contributed by atoms with Gasteiger partial charge in [-0.05, 0) is 91.3 Å². The zero-order valence-corrected chi connectivity index (χ0v) is 18.8. The Balaban J connectivity index is 1.70. The molecule has 1 aliphatic carbocycles. The molecule has 3 aromatic carbocycles. The highest BCUT2D eigenvalue weighted by molar-refractivity contribution is 6.06. The van der Waals surface area contributed by atoms with E-state index in [0.717, 1.165) is 36.3 Å². The number of aryl methyl sites for hydroxylation is 1. The zero-order chi connectivity index (χ0) is 22.7. The number of benzene rings is 3. The van der Waals surface area contributed by atoms with E-state index in [1.165, 1.54) is 23.3 Å². The molecule has 1 aliphatic rings. The van der Waals surface area contributed by atoms with Gasteiger partial charge in [-0.25, -0.2) is 0 Å². The summed E-state index contributed by atoms with van der Waals surface area (Å²) in [4.78, 5) is 15.1. The van der Waals surface area contributed by atoms with Crippen LogP contribution < -0.4 is 14.4 Å². The van der Waals surface area contributed by atoms with Gasteiger partial charge >= 0.3 is 0 Å². The van der Waals surface area contributed by atoms with Crippen molar-refractivity contribution in [3.63, 3.8) is 0 Å². The van der Waals surface area contributed by atoms with Crippen LogP contribution in [0.4, 0.5) is 5.69 Å². The third-order valence-corrected chi connectivity index (χ3v) is 6.27. The van der Waals surface area contributed by atoms with Crippen LogP contribution in [0.1, 0.15) is 46.3 Å². The zero-order valence-electron chi connectivity index (χ0n) is 18.8. The molecule has 4 rings (SSSR count). The second-order valence-electron chi connectivity index (χ2n) is 8.07. The predicted octanol–water partition coefficient (Wildman–Crippen LogP) is 5.79. The van der Waals surface area contributed by atoms with Crippen LogP contribution in [0, 0.1) is 0 Å². The fraction of sp³-hybridized carbons (Fsp3) is 0.296. The summed E-state index contributed by atoms with van der Waals surface area (Å²) in [5, 5.41) is 11.5. The van der Waals surface area contributed by atoms with Gasteiger partial charge < -0.3 is 14.4 Å². The predicted molar refractivity (Wildman–Crippen MR) is 125 cm³/mol. The average molecular weight is 431 g/mol. The molecule has 0 N–H and O–H groups in total. The number of hydrogen-bond acceptors (Lipinski definition) is 3. The van der Waals surface area contributed by atoms with Crippen LogP contribution in [0.2, 0.25) is 0 Å². The summed E-state index contributed by atoms with van der Waals surface area (Å²) in [6.07, 6.45) is 2.87. The van der Waals surface area contributed by atoms with Crippen LogP contribution in [0.25, 0.3) is 0 Å². The standard InChI is InChI=1S/C27H28NO4/c1-4-28(27(30)18-7-10-22(29)11-8-18)26-17-24(32-3)13-14-25(26)21-6-5-20-16-23(31-2)12-9-19(20)15-21/h7-14,16-17,21H,4-6,15H2,1-3H3. The van der Waals surface area contributed by atoms with Gasteiger partial charge in [-0.15, -0.1) is 0 Å². The number of carbonyl (C=O) groups excluding carboxylic acids is 1. The van der Waals surface area contributed by atoms with E-state index in [-0.39, 0.29) is 11.7 Å². The molecule has 0 spiro atoms. The Hall–Kier alpha value is -3.47. The number of methoxy groups -OCH3 is 2. The monoisotopic (exact) mass is 430 g/mol. The topological polar surface area (TPSA) is 58.7 Å². The van der Waals surface area contributed by atoms with Gasteiger partial charge in [0.1, 0.15) is 11.5 Å². The van der Waals surface area contributed by atoms with Gasteiger partial charge in [0, 0.05) is 18.2 Å². The van der Waals surface area contributed by atoms with Crippen molar-refractivity contribution >= 4 is 11.6 Å². The number of amides is 1. The van der Waals surface area contributed by atoms with Gasteiger partial charge in [0.25, 0.3) is 5.91 Å². The van der Waals surface area contributed by atoms with Gasteiger partial charge in [-0.3, -0.25) is 9.90 Å². The number of anilines is 1. The maximum absolute atomic E-state index is 13.4. The second kappa shape index (κ2) is 9.35. The number of nitrogens with zero attached hydrogens (tertiary/aromatic N) is 1. The summed E-state index contributed by atoms with van der Waals surface area (Å²) < 4.78 is 10.9. The van der Waals surface area contributed by atoms with Gasteiger partial charge in [-0.1, -0.05) is 12.1 Å². The summed E-state index contributed by atoms with van der Waals surface area (Å²) in [5.41, 5.74) is 5.16. The van der Waals surface area contributed by atoms with Gasteiger partial charge in [0.2, 0.25) is 0 Å². The first-order chi connectivity index (χ1) is 15.5. The first-order valence-corrected chi connectivity index (χ1v) is 11.0. The third kappa shape index (κ3) is 4.28. The van der Waals surface area contributed by atoms with Crippen LogP contribution in [0.3, 0.4) is 0 Å². The van der Waals surface area contributed by atoms with Gasteiger partial charge in [0.15, 0.2) is 5.75 Å². The molecule has 3 aromatic rings. The van der Waals surface area contributed by atoms with E-state index in [4.69, 9.17) is 9.47 Å². The van der Waals surface area contributed by atoms with E-state index in [9.17, 15) is 9.90 Å². The van der Waals surface area contributed by atoms with Crippen molar-refractivity contribution < 1.29 is 19.4 Å². The summed E-state index contributed by atoms with van der Waals surface area (Å²) >= 11 is 0. The van der Waals surface area contributed by atoms with E-state index in [1.807, 2.05) is 25.1 Å². The summed E-state index contributed by atoms with van der Waals surface area (Å²) in [7, 11) is 3.33. The molecule has 165 valence electrons. The minimum atomic E-state index is -0.122. The molecule has 0 bridgehead atoms. The molecule has 5 heteroatoms. The minimum Gasteiger partial charge on any atom is -0.497 e. The second-order valence-corrected chi connectivity index (χ2v) is 8.07. The fourth-order valence-electron chi connectivity index (χ4n) is 4.53. The molecule has 0 fully saturated rings. The molecule has 0 aromatic heterocycles.